The zero-order chi connectivity index (χ0) is 43.4. The smallest absolute Gasteiger partial charge is 0.410 e. The summed E-state index contributed by atoms with van der Waals surface area (Å²) in [5.41, 5.74) is 5.21. The summed E-state index contributed by atoms with van der Waals surface area (Å²) in [6.45, 7) is 15.8. The predicted molar refractivity (Wildman–Crippen MR) is 237 cm³/mol. The van der Waals surface area contributed by atoms with Gasteiger partial charge in [-0.15, -0.1) is 6.58 Å². The molecular formula is C50H67N3O8. The largest absolute Gasteiger partial charge is 0.487 e. The quantitative estimate of drug-likeness (QED) is 0.0612. The minimum absolute atomic E-state index is 0.0831. The molecule has 1 aliphatic heterocycles. The van der Waals surface area contributed by atoms with E-state index in [2.05, 4.69) is 30.6 Å². The van der Waals surface area contributed by atoms with Crippen LogP contribution in [0.25, 0.3) is 0 Å². The molecule has 2 aliphatic carbocycles. The van der Waals surface area contributed by atoms with E-state index in [0.29, 0.717) is 50.3 Å². The summed E-state index contributed by atoms with van der Waals surface area (Å²) in [7, 11) is 0. The van der Waals surface area contributed by atoms with E-state index >= 15 is 0 Å². The molecule has 330 valence electrons. The fraction of sp³-hybridized carbons (Fsp3) is 0.540. The molecule has 0 radical (unpaired) electrons. The van der Waals surface area contributed by atoms with Crippen LogP contribution < -0.4 is 9.47 Å². The van der Waals surface area contributed by atoms with E-state index in [-0.39, 0.29) is 56.2 Å². The van der Waals surface area contributed by atoms with Gasteiger partial charge in [-0.3, -0.25) is 9.88 Å². The maximum atomic E-state index is 14.5. The number of oxime groups is 1. The van der Waals surface area contributed by atoms with Gasteiger partial charge in [0.25, 0.3) is 0 Å². The Morgan fingerprint density at radius 2 is 1.79 bits per heavy atom. The number of aliphatic hydroxyl groups excluding tert-OH is 2. The van der Waals surface area contributed by atoms with Crippen LogP contribution in [0.5, 0.6) is 11.5 Å². The number of hydrogen-bond donors (Lipinski definition) is 2. The van der Waals surface area contributed by atoms with Gasteiger partial charge >= 0.3 is 6.09 Å². The second-order valence-corrected chi connectivity index (χ2v) is 17.9. The number of aliphatic hydroxyl groups is 2. The van der Waals surface area contributed by atoms with Crippen molar-refractivity contribution < 1.29 is 38.8 Å². The lowest BCUT2D eigenvalue weighted by Gasteiger charge is -2.60. The van der Waals surface area contributed by atoms with Crippen LogP contribution >= 0.6 is 0 Å². The molecule has 6 atom stereocenters. The number of aromatic nitrogens is 1. The van der Waals surface area contributed by atoms with Crippen LogP contribution in [0.2, 0.25) is 0 Å². The van der Waals surface area contributed by atoms with E-state index < -0.39 is 23.8 Å². The predicted octanol–water partition coefficient (Wildman–Crippen LogP) is 9.70. The van der Waals surface area contributed by atoms with Crippen LogP contribution in [0.15, 0.2) is 96.2 Å². The van der Waals surface area contributed by atoms with Crippen molar-refractivity contribution in [2.45, 2.75) is 117 Å². The highest BCUT2D eigenvalue weighted by Gasteiger charge is 2.65. The molecule has 2 N–H and O–H groups in total. The molecular weight excluding hydrogens is 771 g/mol. The molecule has 1 aromatic heterocycles. The first-order valence-corrected chi connectivity index (χ1v) is 22.2. The van der Waals surface area contributed by atoms with Gasteiger partial charge < -0.3 is 34.0 Å². The number of carbonyl (C=O) groups excluding carboxylic acids is 1. The monoisotopic (exact) mass is 837 g/mol. The number of nitrogens with zero attached hydrogens (tertiary/aromatic N) is 3. The van der Waals surface area contributed by atoms with Crippen LogP contribution in [0.1, 0.15) is 107 Å². The summed E-state index contributed by atoms with van der Waals surface area (Å²) in [6, 6.07) is 21.2. The van der Waals surface area contributed by atoms with Crippen molar-refractivity contribution in [1.29, 1.82) is 0 Å². The number of amides is 1. The average Bonchev–Trinajstić information content (AvgIpc) is 3.25. The lowest BCUT2D eigenvalue weighted by atomic mass is 9.55. The zero-order valence-corrected chi connectivity index (χ0v) is 36.9. The molecule has 0 spiro atoms. The van der Waals surface area contributed by atoms with E-state index in [1.807, 2.05) is 88.4 Å². The summed E-state index contributed by atoms with van der Waals surface area (Å²) in [6.07, 6.45) is 9.34. The molecule has 0 saturated heterocycles. The van der Waals surface area contributed by atoms with E-state index in [4.69, 9.17) is 28.9 Å². The molecule has 11 nitrogen and oxygen atoms in total. The number of hydrogen-bond acceptors (Lipinski definition) is 10. The maximum Gasteiger partial charge on any atom is 0.410 e. The third kappa shape index (κ3) is 11.2. The first-order valence-electron chi connectivity index (χ1n) is 22.2. The van der Waals surface area contributed by atoms with E-state index in [9.17, 15) is 15.0 Å². The topological polar surface area (TPSA) is 132 Å². The van der Waals surface area contributed by atoms with Crippen molar-refractivity contribution in [2.24, 2.45) is 28.3 Å². The van der Waals surface area contributed by atoms with Crippen LogP contribution in [0.4, 0.5) is 4.79 Å². The van der Waals surface area contributed by atoms with Gasteiger partial charge in [0.05, 0.1) is 30.5 Å². The molecule has 2 heterocycles. The number of unbranched alkanes of at least 4 members (excludes halogenated alkanes) is 2. The van der Waals surface area contributed by atoms with Gasteiger partial charge in [-0.1, -0.05) is 94.2 Å². The molecule has 1 fully saturated rings. The second kappa shape index (κ2) is 21.4. The van der Waals surface area contributed by atoms with Crippen molar-refractivity contribution in [3.63, 3.8) is 0 Å². The molecule has 6 rings (SSSR count). The number of ether oxygens (including phenoxy) is 4. The normalized spacial score (nSPS) is 23.6. The molecule has 3 aromatic rings. The van der Waals surface area contributed by atoms with E-state index in [0.717, 1.165) is 59.5 Å². The zero-order valence-electron chi connectivity index (χ0n) is 36.9. The third-order valence-corrected chi connectivity index (χ3v) is 11.9. The Balaban J connectivity index is 1.55. The van der Waals surface area contributed by atoms with Crippen molar-refractivity contribution in [2.75, 3.05) is 33.0 Å². The van der Waals surface area contributed by atoms with E-state index in [1.54, 1.807) is 11.0 Å². The van der Waals surface area contributed by atoms with Gasteiger partial charge in [0.1, 0.15) is 30.8 Å². The van der Waals surface area contributed by atoms with Crippen molar-refractivity contribution in [3.8, 4) is 11.5 Å². The Morgan fingerprint density at radius 3 is 2.49 bits per heavy atom. The van der Waals surface area contributed by atoms with E-state index in [1.165, 1.54) is 0 Å². The molecule has 1 amide bonds. The maximum absolute atomic E-state index is 14.5. The lowest BCUT2D eigenvalue weighted by molar-refractivity contribution is -0.255. The summed E-state index contributed by atoms with van der Waals surface area (Å²) < 4.78 is 27.0. The summed E-state index contributed by atoms with van der Waals surface area (Å²) in [5, 5.41) is 24.8. The van der Waals surface area contributed by atoms with Crippen LogP contribution in [0, 0.1) is 30.1 Å². The highest BCUT2D eigenvalue weighted by atomic mass is 16.7. The number of aryl methyl sites for hydroxylation is 1. The summed E-state index contributed by atoms with van der Waals surface area (Å²) in [4.78, 5) is 27.2. The number of pyridine rings is 1. The first kappa shape index (κ1) is 45.8. The van der Waals surface area contributed by atoms with Gasteiger partial charge in [-0.2, -0.15) is 0 Å². The Kier molecular flexibility index (Phi) is 16.1. The number of carbonyl (C=O) groups is 1. The van der Waals surface area contributed by atoms with Crippen LogP contribution in [-0.2, 0) is 27.5 Å². The Labute approximate surface area is 362 Å². The van der Waals surface area contributed by atoms with Gasteiger partial charge in [0, 0.05) is 43.4 Å². The van der Waals surface area contributed by atoms with Crippen molar-refractivity contribution >= 4 is 11.8 Å². The number of rotatable bonds is 21. The Morgan fingerprint density at radius 1 is 1.02 bits per heavy atom. The fourth-order valence-electron chi connectivity index (χ4n) is 9.31. The fourth-order valence-corrected chi connectivity index (χ4v) is 9.31. The lowest BCUT2D eigenvalue weighted by Crippen LogP contribution is -2.70. The summed E-state index contributed by atoms with van der Waals surface area (Å²) >= 11 is 0. The third-order valence-electron chi connectivity index (χ3n) is 11.9. The molecule has 6 unspecified atom stereocenters. The molecule has 3 aliphatic rings. The van der Waals surface area contributed by atoms with Crippen LogP contribution in [-0.4, -0.2) is 76.7 Å². The molecule has 11 heteroatoms. The van der Waals surface area contributed by atoms with Gasteiger partial charge in [-0.05, 0) is 97.7 Å². The molecule has 2 aromatic carbocycles. The molecule has 1 saturated carbocycles. The van der Waals surface area contributed by atoms with Gasteiger partial charge in [0.2, 0.25) is 5.79 Å². The van der Waals surface area contributed by atoms with Gasteiger partial charge in [0.15, 0.2) is 0 Å². The molecule has 61 heavy (non-hydrogen) atoms. The second-order valence-electron chi connectivity index (χ2n) is 17.9. The molecule has 0 bridgehead atoms. The average molecular weight is 838 g/mol. The number of fused-ring (bicyclic) bond motifs is 2. The highest BCUT2D eigenvalue weighted by Crippen LogP contribution is 2.62. The van der Waals surface area contributed by atoms with Crippen molar-refractivity contribution in [1.82, 2.24) is 9.88 Å². The minimum atomic E-state index is -1.37. The van der Waals surface area contributed by atoms with Gasteiger partial charge in [-0.25, -0.2) is 4.79 Å². The SMILES string of the molecule is C=CCOC12Oc3ccc(OCc4cccc(C)n4)cc3C3C(CCCCO)C(CCCCO)C=C(C(=NOCc4ccccc4)CC1N(CCC)C(=O)OCC(C)(C)C)C32. The summed E-state index contributed by atoms with van der Waals surface area (Å²) in [5.74, 6) is -0.440. The number of benzene rings is 2. The van der Waals surface area contributed by atoms with Crippen LogP contribution in [0.3, 0.4) is 0 Å². The standard InChI is InChI=1S/C50H67N3O8/c1-7-25-53(48(56)58-34-49(4,5)6)45-31-43(52-60-32-36-18-10-9-11-19-36)41-29-37(20-12-14-26-54)40(22-13-15-27-55)46-42-30-39(57-33-38-21-16-17-35(3)51-38)23-24-44(42)61-50(45,47(41)46)59-28-8-2/h8-11,16-19,21,23-24,29-30,37,40,45-47,54-55H,2,7,12-15,20,22,25-28,31-34H2,1,3-6H3. The van der Waals surface area contributed by atoms with Crippen molar-refractivity contribution in [3.05, 3.63) is 114 Å². The Bertz CT molecular complexity index is 1960. The Hall–Kier alpha value is -4.71. The number of allylic oxidation sites excluding steroid dienone is 1. The first-order chi connectivity index (χ1) is 29.5. The minimum Gasteiger partial charge on any atom is -0.487 e. The highest BCUT2D eigenvalue weighted by molar-refractivity contribution is 6.03.